The van der Waals surface area contributed by atoms with Crippen LogP contribution >= 0.6 is 11.8 Å². The van der Waals surface area contributed by atoms with Crippen molar-refractivity contribution >= 4 is 17.7 Å². The molecule has 0 spiro atoms. The average Bonchev–Trinajstić information content (AvgIpc) is 2.23. The third kappa shape index (κ3) is 5.35. The van der Waals surface area contributed by atoms with Gasteiger partial charge < -0.3 is 9.72 Å². The number of ether oxygens (including phenoxy) is 1. The quantitative estimate of drug-likeness (QED) is 0.371. The molecule has 1 rings (SSSR count). The lowest BCUT2D eigenvalue weighted by Crippen LogP contribution is -2.08. The van der Waals surface area contributed by atoms with E-state index in [0.717, 1.165) is 0 Å². The molecular weight excluding hydrogens is 240 g/mol. The Kier molecular flexibility index (Phi) is 5.48. The zero-order chi connectivity index (χ0) is 12.7. The molecule has 92 valence electrons. The molecule has 0 aromatic carbocycles. The molecule has 0 unspecified atom stereocenters. The van der Waals surface area contributed by atoms with Crippen molar-refractivity contribution in [3.63, 3.8) is 0 Å². The molecule has 0 aliphatic rings. The van der Waals surface area contributed by atoms with Crippen LogP contribution in [-0.4, -0.2) is 28.3 Å². The van der Waals surface area contributed by atoms with Crippen LogP contribution < -0.4 is 5.56 Å². The van der Waals surface area contributed by atoms with E-state index in [1.165, 1.54) is 23.9 Å². The maximum absolute atomic E-state index is 11.1. The number of carbonyl (C=O) groups excluding carboxylic acids is 1. The number of aryl methyl sites for hydroxylation is 1. The van der Waals surface area contributed by atoms with Crippen molar-refractivity contribution in [2.24, 2.45) is 0 Å². The zero-order valence-electron chi connectivity index (χ0n) is 9.73. The molecule has 1 N–H and O–H groups in total. The van der Waals surface area contributed by atoms with Gasteiger partial charge in [-0.15, -0.1) is 0 Å². The molecule has 0 bridgehead atoms. The molecule has 5 nitrogen and oxygen atoms in total. The first kappa shape index (κ1) is 13.5. The Balaban J connectivity index is 2.45. The Morgan fingerprint density at radius 3 is 3.06 bits per heavy atom. The van der Waals surface area contributed by atoms with E-state index in [1.807, 2.05) is 0 Å². The first-order valence-electron chi connectivity index (χ1n) is 5.16. The van der Waals surface area contributed by atoms with E-state index in [-0.39, 0.29) is 11.5 Å². The minimum Gasteiger partial charge on any atom is -0.463 e. The Morgan fingerprint density at radius 2 is 2.41 bits per heavy atom. The Bertz CT molecular complexity index is 468. The van der Waals surface area contributed by atoms with E-state index in [1.54, 1.807) is 19.9 Å². The number of aromatic nitrogens is 2. The van der Waals surface area contributed by atoms with Crippen LogP contribution in [0.25, 0.3) is 0 Å². The largest absolute Gasteiger partial charge is 0.463 e. The summed E-state index contributed by atoms with van der Waals surface area (Å²) < 4.78 is 4.72. The SMILES string of the molecule is CCOC(=O)/C=C/CSc1nc(C)cc(=O)[nH]1. The fraction of sp³-hybridized carbons (Fsp3) is 0.364. The van der Waals surface area contributed by atoms with Crippen LogP contribution in [0.2, 0.25) is 0 Å². The van der Waals surface area contributed by atoms with E-state index in [9.17, 15) is 9.59 Å². The molecule has 1 heterocycles. The van der Waals surface area contributed by atoms with Crippen molar-refractivity contribution in [2.75, 3.05) is 12.4 Å². The van der Waals surface area contributed by atoms with E-state index in [4.69, 9.17) is 4.74 Å². The Labute approximate surface area is 103 Å². The van der Waals surface area contributed by atoms with Gasteiger partial charge in [0.1, 0.15) is 0 Å². The topological polar surface area (TPSA) is 72.0 Å². The normalized spacial score (nSPS) is 10.7. The van der Waals surface area contributed by atoms with Crippen LogP contribution in [0.5, 0.6) is 0 Å². The molecule has 6 heteroatoms. The number of hydrogen-bond donors (Lipinski definition) is 1. The predicted molar refractivity (Wildman–Crippen MR) is 66.1 cm³/mol. The van der Waals surface area contributed by atoms with E-state index >= 15 is 0 Å². The van der Waals surface area contributed by atoms with Crippen molar-refractivity contribution in [3.05, 3.63) is 34.3 Å². The molecule has 0 radical (unpaired) electrons. The summed E-state index contributed by atoms with van der Waals surface area (Å²) in [5.41, 5.74) is 0.500. The fourth-order valence-corrected chi connectivity index (χ4v) is 1.81. The zero-order valence-corrected chi connectivity index (χ0v) is 10.5. The molecule has 17 heavy (non-hydrogen) atoms. The number of H-pyrrole nitrogens is 1. The summed E-state index contributed by atoms with van der Waals surface area (Å²) in [6, 6.07) is 1.43. The molecule has 0 amide bonds. The minimum atomic E-state index is -0.362. The highest BCUT2D eigenvalue weighted by Gasteiger charge is 1.98. The fourth-order valence-electron chi connectivity index (χ4n) is 1.08. The minimum absolute atomic E-state index is 0.172. The van der Waals surface area contributed by atoms with Crippen molar-refractivity contribution in [1.29, 1.82) is 0 Å². The second kappa shape index (κ2) is 6.90. The first-order chi connectivity index (χ1) is 8.11. The number of rotatable bonds is 5. The van der Waals surface area contributed by atoms with Gasteiger partial charge in [0, 0.05) is 23.6 Å². The van der Waals surface area contributed by atoms with Crippen molar-refractivity contribution < 1.29 is 9.53 Å². The number of esters is 1. The number of aromatic amines is 1. The second-order valence-electron chi connectivity index (χ2n) is 3.16. The monoisotopic (exact) mass is 254 g/mol. The lowest BCUT2D eigenvalue weighted by molar-refractivity contribution is -0.137. The number of hydrogen-bond acceptors (Lipinski definition) is 5. The molecule has 0 saturated carbocycles. The highest BCUT2D eigenvalue weighted by atomic mass is 32.2. The van der Waals surface area contributed by atoms with Crippen LogP contribution in [0.4, 0.5) is 0 Å². The third-order valence-corrected chi connectivity index (χ3v) is 2.53. The standard InChI is InChI=1S/C11H14N2O3S/c1-3-16-10(15)5-4-6-17-11-12-8(2)7-9(14)13-11/h4-5,7H,3,6H2,1-2H3,(H,12,13,14)/b5-4+. The highest BCUT2D eigenvalue weighted by molar-refractivity contribution is 7.99. The maximum Gasteiger partial charge on any atom is 0.330 e. The summed E-state index contributed by atoms with van der Waals surface area (Å²) in [6.07, 6.45) is 3.04. The highest BCUT2D eigenvalue weighted by Crippen LogP contribution is 2.10. The van der Waals surface area contributed by atoms with Gasteiger partial charge in [0.25, 0.3) is 5.56 Å². The first-order valence-corrected chi connectivity index (χ1v) is 6.14. The summed E-state index contributed by atoms with van der Waals surface area (Å²) in [5.74, 6) is 0.185. The number of carbonyl (C=O) groups is 1. The van der Waals surface area contributed by atoms with Gasteiger partial charge in [-0.05, 0) is 13.8 Å². The van der Waals surface area contributed by atoms with Gasteiger partial charge in [-0.3, -0.25) is 4.79 Å². The summed E-state index contributed by atoms with van der Waals surface area (Å²) in [5, 5.41) is 0.545. The molecule has 0 fully saturated rings. The Morgan fingerprint density at radius 1 is 1.65 bits per heavy atom. The number of nitrogens with one attached hydrogen (secondary N) is 1. The van der Waals surface area contributed by atoms with Crippen LogP contribution in [-0.2, 0) is 9.53 Å². The smallest absolute Gasteiger partial charge is 0.330 e. The molecule has 0 atom stereocenters. The van der Waals surface area contributed by atoms with E-state index < -0.39 is 0 Å². The molecule has 1 aromatic heterocycles. The van der Waals surface area contributed by atoms with Gasteiger partial charge in [0.15, 0.2) is 5.16 Å². The summed E-state index contributed by atoms with van der Waals surface area (Å²) in [7, 11) is 0. The van der Waals surface area contributed by atoms with Crippen molar-refractivity contribution in [2.45, 2.75) is 19.0 Å². The molecular formula is C11H14N2O3S. The van der Waals surface area contributed by atoms with E-state index in [0.29, 0.717) is 23.2 Å². The Hall–Kier alpha value is -1.56. The van der Waals surface area contributed by atoms with Gasteiger partial charge in [0.2, 0.25) is 0 Å². The lowest BCUT2D eigenvalue weighted by atomic mass is 10.5. The van der Waals surface area contributed by atoms with Crippen LogP contribution in [0, 0.1) is 6.92 Å². The van der Waals surface area contributed by atoms with Crippen LogP contribution in [0.1, 0.15) is 12.6 Å². The van der Waals surface area contributed by atoms with Gasteiger partial charge in [-0.1, -0.05) is 17.8 Å². The van der Waals surface area contributed by atoms with Gasteiger partial charge in [-0.2, -0.15) is 0 Å². The van der Waals surface area contributed by atoms with Gasteiger partial charge >= 0.3 is 5.97 Å². The average molecular weight is 254 g/mol. The maximum atomic E-state index is 11.1. The number of nitrogens with zero attached hydrogens (tertiary/aromatic N) is 1. The molecule has 0 saturated heterocycles. The third-order valence-electron chi connectivity index (χ3n) is 1.70. The van der Waals surface area contributed by atoms with Crippen molar-refractivity contribution in [3.8, 4) is 0 Å². The van der Waals surface area contributed by atoms with Crippen LogP contribution in [0.3, 0.4) is 0 Å². The predicted octanol–water partition coefficient (Wildman–Crippen LogP) is 1.29. The van der Waals surface area contributed by atoms with Crippen molar-refractivity contribution in [1.82, 2.24) is 9.97 Å². The summed E-state index contributed by atoms with van der Waals surface area (Å²) in [4.78, 5) is 28.9. The number of thioether (sulfide) groups is 1. The molecule has 1 aromatic rings. The summed E-state index contributed by atoms with van der Waals surface area (Å²) >= 11 is 1.35. The molecule has 0 aliphatic carbocycles. The summed E-state index contributed by atoms with van der Waals surface area (Å²) in [6.45, 7) is 3.87. The lowest BCUT2D eigenvalue weighted by Gasteiger charge is -1.98. The van der Waals surface area contributed by atoms with E-state index in [2.05, 4.69) is 9.97 Å². The molecule has 0 aliphatic heterocycles. The van der Waals surface area contributed by atoms with Gasteiger partial charge in [0.05, 0.1) is 6.61 Å². The van der Waals surface area contributed by atoms with Gasteiger partial charge in [-0.25, -0.2) is 9.78 Å². The second-order valence-corrected chi connectivity index (χ2v) is 4.17. The van der Waals surface area contributed by atoms with Crippen LogP contribution in [0.15, 0.2) is 28.2 Å².